The van der Waals surface area contributed by atoms with E-state index >= 15 is 0 Å². The summed E-state index contributed by atoms with van der Waals surface area (Å²) in [4.78, 5) is 15.9. The van der Waals surface area contributed by atoms with Crippen molar-refractivity contribution < 1.29 is 4.79 Å². The molecule has 1 heterocycles. The van der Waals surface area contributed by atoms with Gasteiger partial charge in [-0.05, 0) is 19.4 Å². The summed E-state index contributed by atoms with van der Waals surface area (Å²) in [6.45, 7) is 4.13. The Morgan fingerprint density at radius 2 is 2.21 bits per heavy atom. The molecule has 0 saturated carbocycles. The maximum Gasteiger partial charge on any atom is 0.238 e. The number of alkyl halides is 1. The lowest BCUT2D eigenvalue weighted by Crippen LogP contribution is -2.29. The zero-order valence-corrected chi connectivity index (χ0v) is 12.4. The normalized spacial score (nSPS) is 12.2. The highest BCUT2D eigenvalue weighted by Gasteiger charge is 2.10. The first-order chi connectivity index (χ1) is 9.08. The van der Waals surface area contributed by atoms with Gasteiger partial charge in [0.25, 0.3) is 0 Å². The monoisotopic (exact) mass is 294 g/mol. The van der Waals surface area contributed by atoms with E-state index in [0.717, 1.165) is 16.3 Å². The van der Waals surface area contributed by atoms with Crippen LogP contribution in [0, 0.1) is 6.92 Å². The van der Waals surface area contributed by atoms with Crippen LogP contribution in [0.25, 0.3) is 10.6 Å². The largest absolute Gasteiger partial charge is 0.349 e. The lowest BCUT2D eigenvalue weighted by molar-refractivity contribution is -0.120. The molecule has 1 aromatic heterocycles. The molecule has 0 spiro atoms. The average molecular weight is 295 g/mol. The molecule has 0 aliphatic rings. The molecule has 0 radical (unpaired) electrons. The van der Waals surface area contributed by atoms with E-state index in [1.165, 1.54) is 5.56 Å². The van der Waals surface area contributed by atoms with Crippen molar-refractivity contribution in [3.05, 3.63) is 40.9 Å². The fraction of sp³-hybridized carbons (Fsp3) is 0.286. The Kier molecular flexibility index (Phi) is 4.56. The lowest BCUT2D eigenvalue weighted by Gasteiger charge is -2.04. The summed E-state index contributed by atoms with van der Waals surface area (Å²) in [7, 11) is 0. The highest BCUT2D eigenvalue weighted by molar-refractivity contribution is 7.13. The summed E-state index contributed by atoms with van der Waals surface area (Å²) in [5.74, 6) is -0.174. The molecule has 1 N–H and O–H groups in total. The Hall–Kier alpha value is -1.39. The van der Waals surface area contributed by atoms with Gasteiger partial charge < -0.3 is 5.32 Å². The number of hydrogen-bond donors (Lipinski definition) is 1. The molecule has 5 heteroatoms. The molecular weight excluding hydrogens is 280 g/mol. The molecule has 2 aromatic rings. The molecule has 19 heavy (non-hydrogen) atoms. The van der Waals surface area contributed by atoms with Gasteiger partial charge in [-0.2, -0.15) is 0 Å². The highest BCUT2D eigenvalue weighted by atomic mass is 35.5. The predicted octanol–water partition coefficient (Wildman–Crippen LogP) is 3.36. The molecule has 0 aliphatic heterocycles. The maximum atomic E-state index is 11.4. The molecule has 100 valence electrons. The Bertz CT molecular complexity index is 580. The van der Waals surface area contributed by atoms with Crippen LogP contribution in [0.2, 0.25) is 0 Å². The molecule has 0 aliphatic carbocycles. The SMILES string of the molecule is Cc1ccccc1-c1nc(CNC(=O)C(C)Cl)cs1. The van der Waals surface area contributed by atoms with Gasteiger partial charge in [0.15, 0.2) is 0 Å². The molecule has 1 unspecified atom stereocenters. The first-order valence-electron chi connectivity index (χ1n) is 6.00. The van der Waals surface area contributed by atoms with E-state index in [1.807, 2.05) is 17.5 Å². The molecule has 0 saturated heterocycles. The van der Waals surface area contributed by atoms with Gasteiger partial charge in [0.2, 0.25) is 5.91 Å². The molecule has 1 atom stereocenters. The van der Waals surface area contributed by atoms with Gasteiger partial charge in [0.05, 0.1) is 12.2 Å². The van der Waals surface area contributed by atoms with Crippen molar-refractivity contribution in [1.82, 2.24) is 10.3 Å². The average Bonchev–Trinajstić information content (AvgIpc) is 2.85. The Balaban J connectivity index is 2.08. The topological polar surface area (TPSA) is 42.0 Å². The number of rotatable bonds is 4. The van der Waals surface area contributed by atoms with Crippen LogP contribution in [0.15, 0.2) is 29.6 Å². The number of benzene rings is 1. The van der Waals surface area contributed by atoms with Gasteiger partial charge in [-0.25, -0.2) is 4.98 Å². The minimum Gasteiger partial charge on any atom is -0.349 e. The first-order valence-corrected chi connectivity index (χ1v) is 7.31. The van der Waals surface area contributed by atoms with E-state index in [4.69, 9.17) is 11.6 Å². The number of amides is 1. The zero-order chi connectivity index (χ0) is 13.8. The second kappa shape index (κ2) is 6.17. The van der Waals surface area contributed by atoms with E-state index < -0.39 is 5.38 Å². The van der Waals surface area contributed by atoms with Crippen LogP contribution in [-0.2, 0) is 11.3 Å². The Morgan fingerprint density at radius 1 is 1.47 bits per heavy atom. The second-order valence-corrected chi connectivity index (χ2v) is 5.81. The lowest BCUT2D eigenvalue weighted by atomic mass is 10.1. The smallest absolute Gasteiger partial charge is 0.238 e. The molecule has 3 nitrogen and oxygen atoms in total. The molecular formula is C14H15ClN2OS. The Labute approximate surface area is 121 Å². The van der Waals surface area contributed by atoms with E-state index in [1.54, 1.807) is 18.3 Å². The zero-order valence-electron chi connectivity index (χ0n) is 10.8. The maximum absolute atomic E-state index is 11.4. The highest BCUT2D eigenvalue weighted by Crippen LogP contribution is 2.26. The van der Waals surface area contributed by atoms with Crippen molar-refractivity contribution in [2.45, 2.75) is 25.8 Å². The molecule has 1 aromatic carbocycles. The third kappa shape index (κ3) is 3.55. The minimum atomic E-state index is -0.519. The van der Waals surface area contributed by atoms with E-state index in [2.05, 4.69) is 29.4 Å². The number of nitrogens with one attached hydrogen (secondary N) is 1. The standard InChI is InChI=1S/C14H15ClN2OS/c1-9-5-3-4-6-12(9)14-17-11(8-19-14)7-16-13(18)10(2)15/h3-6,8,10H,7H2,1-2H3,(H,16,18). The molecule has 1 amide bonds. The second-order valence-electron chi connectivity index (χ2n) is 4.29. The van der Waals surface area contributed by atoms with Crippen LogP contribution < -0.4 is 5.32 Å². The predicted molar refractivity (Wildman–Crippen MR) is 79.4 cm³/mol. The van der Waals surface area contributed by atoms with E-state index in [9.17, 15) is 4.79 Å². The third-order valence-corrected chi connectivity index (χ3v) is 3.85. The van der Waals surface area contributed by atoms with Gasteiger partial charge in [-0.1, -0.05) is 24.3 Å². The summed E-state index contributed by atoms with van der Waals surface area (Å²) in [5, 5.41) is 5.16. The van der Waals surface area contributed by atoms with Crippen LogP contribution in [-0.4, -0.2) is 16.3 Å². The van der Waals surface area contributed by atoms with Crippen LogP contribution in [0.1, 0.15) is 18.2 Å². The number of halogens is 1. The summed E-state index contributed by atoms with van der Waals surface area (Å²) in [6.07, 6.45) is 0. The summed E-state index contributed by atoms with van der Waals surface area (Å²) in [5.41, 5.74) is 3.19. The van der Waals surface area contributed by atoms with Crippen LogP contribution in [0.4, 0.5) is 0 Å². The number of aromatic nitrogens is 1. The van der Waals surface area contributed by atoms with Crippen molar-refractivity contribution in [1.29, 1.82) is 0 Å². The van der Waals surface area contributed by atoms with Crippen molar-refractivity contribution in [3.8, 4) is 10.6 Å². The number of carbonyl (C=O) groups is 1. The molecule has 2 rings (SSSR count). The van der Waals surface area contributed by atoms with Gasteiger partial charge >= 0.3 is 0 Å². The van der Waals surface area contributed by atoms with Crippen molar-refractivity contribution in [2.75, 3.05) is 0 Å². The number of carbonyl (C=O) groups excluding carboxylic acids is 1. The van der Waals surface area contributed by atoms with E-state index in [0.29, 0.717) is 6.54 Å². The third-order valence-electron chi connectivity index (χ3n) is 2.73. The first kappa shape index (κ1) is 14.0. The van der Waals surface area contributed by atoms with Crippen molar-refractivity contribution in [2.24, 2.45) is 0 Å². The molecule has 0 fully saturated rings. The molecule has 0 bridgehead atoms. The fourth-order valence-corrected chi connectivity index (χ4v) is 2.63. The minimum absolute atomic E-state index is 0.174. The van der Waals surface area contributed by atoms with Crippen LogP contribution in [0.5, 0.6) is 0 Å². The van der Waals surface area contributed by atoms with Gasteiger partial charge in [-0.3, -0.25) is 4.79 Å². The summed E-state index contributed by atoms with van der Waals surface area (Å²) in [6, 6.07) is 8.13. The Morgan fingerprint density at radius 3 is 2.89 bits per heavy atom. The fourth-order valence-electron chi connectivity index (χ4n) is 1.64. The van der Waals surface area contributed by atoms with Gasteiger partial charge in [-0.15, -0.1) is 22.9 Å². The summed E-state index contributed by atoms with van der Waals surface area (Å²) >= 11 is 7.27. The number of hydrogen-bond acceptors (Lipinski definition) is 3. The van der Waals surface area contributed by atoms with E-state index in [-0.39, 0.29) is 5.91 Å². The van der Waals surface area contributed by atoms with Crippen molar-refractivity contribution in [3.63, 3.8) is 0 Å². The van der Waals surface area contributed by atoms with Crippen LogP contribution >= 0.6 is 22.9 Å². The van der Waals surface area contributed by atoms with Gasteiger partial charge in [0.1, 0.15) is 10.4 Å². The number of nitrogens with zero attached hydrogens (tertiary/aromatic N) is 1. The number of thiazole rings is 1. The van der Waals surface area contributed by atoms with Crippen molar-refractivity contribution >= 4 is 28.8 Å². The number of aryl methyl sites for hydroxylation is 1. The van der Waals surface area contributed by atoms with Gasteiger partial charge in [0, 0.05) is 10.9 Å². The van der Waals surface area contributed by atoms with Crippen LogP contribution in [0.3, 0.4) is 0 Å². The quantitative estimate of drug-likeness (QED) is 0.879. The summed E-state index contributed by atoms with van der Waals surface area (Å²) < 4.78 is 0.